The van der Waals surface area contributed by atoms with E-state index in [2.05, 4.69) is 39.8 Å². The van der Waals surface area contributed by atoms with Crippen molar-refractivity contribution in [1.82, 2.24) is 10.2 Å². The molecule has 26 heavy (non-hydrogen) atoms. The zero-order chi connectivity index (χ0) is 17.8. The van der Waals surface area contributed by atoms with Gasteiger partial charge in [0, 0.05) is 11.3 Å². The second-order valence-corrected chi connectivity index (χ2v) is 7.76. The van der Waals surface area contributed by atoms with Crippen LogP contribution < -0.4 is 5.32 Å². The first kappa shape index (κ1) is 16.8. The van der Waals surface area contributed by atoms with Gasteiger partial charge in [0.05, 0.1) is 5.56 Å². The lowest BCUT2D eigenvalue weighted by molar-refractivity contribution is 0.0437. The third-order valence-corrected chi connectivity index (χ3v) is 5.70. The van der Waals surface area contributed by atoms with Crippen LogP contribution in [0.25, 0.3) is 6.08 Å². The number of hydrogen-bond acceptors (Lipinski definition) is 7. The first-order valence-corrected chi connectivity index (χ1v) is 9.84. The number of benzene rings is 2. The number of hydrogen-bond donors (Lipinski definition) is 1. The molecule has 1 aliphatic heterocycles. The van der Waals surface area contributed by atoms with Gasteiger partial charge in [-0.3, -0.25) is 0 Å². The Bertz CT molecular complexity index is 941. The number of carbonyl (C=O) groups is 1. The summed E-state index contributed by atoms with van der Waals surface area (Å²) in [5.74, 6) is 0.494. The molecule has 0 amide bonds. The van der Waals surface area contributed by atoms with Gasteiger partial charge in [-0.1, -0.05) is 83.8 Å². The van der Waals surface area contributed by atoms with Crippen molar-refractivity contribution in [3.63, 3.8) is 0 Å². The summed E-state index contributed by atoms with van der Waals surface area (Å²) in [4.78, 5) is 11.9. The van der Waals surface area contributed by atoms with Crippen molar-refractivity contribution in [1.29, 1.82) is 0 Å². The highest BCUT2D eigenvalue weighted by Crippen LogP contribution is 2.33. The first-order valence-electron chi connectivity index (χ1n) is 8.04. The number of fused-ring (bicyclic) bond motifs is 1. The summed E-state index contributed by atoms with van der Waals surface area (Å²) in [5, 5.41) is 12.1. The molecule has 1 atom stereocenters. The molecule has 0 fully saturated rings. The fraction of sp³-hybridized carbons (Fsp3) is 0.105. The second-order valence-electron chi connectivity index (χ2n) is 5.51. The maximum Gasteiger partial charge on any atom is 0.340 e. The molecule has 5 nitrogen and oxygen atoms in total. The molecule has 1 N–H and O–H groups in total. The van der Waals surface area contributed by atoms with E-state index in [9.17, 15) is 4.79 Å². The Morgan fingerprint density at radius 2 is 1.92 bits per heavy atom. The summed E-state index contributed by atoms with van der Waals surface area (Å²) in [7, 11) is 0. The summed E-state index contributed by atoms with van der Waals surface area (Å²) in [6.45, 7) is 0. The number of nitrogens with one attached hydrogen (secondary N) is 1. The summed E-state index contributed by atoms with van der Waals surface area (Å²) < 4.78 is 6.23. The monoisotopic (exact) mass is 381 g/mol. The van der Waals surface area contributed by atoms with Gasteiger partial charge in [-0.2, -0.15) is 0 Å². The zero-order valence-corrected chi connectivity index (χ0v) is 15.3. The average Bonchev–Trinajstić information content (AvgIpc) is 3.25. The Morgan fingerprint density at radius 1 is 1.12 bits per heavy atom. The van der Waals surface area contributed by atoms with E-state index in [1.54, 1.807) is 17.8 Å². The number of aromatic nitrogens is 2. The second kappa shape index (κ2) is 7.72. The molecule has 130 valence electrons. The van der Waals surface area contributed by atoms with Crippen LogP contribution in [0.1, 0.15) is 27.7 Å². The number of ether oxygens (including phenoxy) is 1. The standard InChI is InChI=1S/C19H15N3O2S2/c23-17-15-11-5-4-10-14(15)16(24-17)20-18-21-22-19(26-18)25-12-6-9-13-7-2-1-3-8-13/h1-11,16H,12H2,(H,20,21)/b9-6+. The van der Waals surface area contributed by atoms with Gasteiger partial charge in [0.15, 0.2) is 4.34 Å². The Kier molecular flexibility index (Phi) is 4.99. The maximum atomic E-state index is 11.9. The quantitative estimate of drug-likeness (QED) is 0.496. The zero-order valence-electron chi connectivity index (χ0n) is 13.7. The predicted octanol–water partition coefficient (Wildman–Crippen LogP) is 4.62. The van der Waals surface area contributed by atoms with E-state index >= 15 is 0 Å². The number of carbonyl (C=O) groups excluding carboxylic acids is 1. The van der Waals surface area contributed by atoms with Gasteiger partial charge in [-0.05, 0) is 11.6 Å². The lowest BCUT2D eigenvalue weighted by atomic mass is 10.1. The minimum atomic E-state index is -0.512. The van der Waals surface area contributed by atoms with Gasteiger partial charge in [-0.25, -0.2) is 4.79 Å². The van der Waals surface area contributed by atoms with Gasteiger partial charge in [0.2, 0.25) is 11.4 Å². The van der Waals surface area contributed by atoms with Crippen LogP contribution in [0.4, 0.5) is 5.13 Å². The highest BCUT2D eigenvalue weighted by atomic mass is 32.2. The third-order valence-electron chi connectivity index (χ3n) is 3.76. The van der Waals surface area contributed by atoms with Crippen LogP contribution in [-0.2, 0) is 4.74 Å². The molecule has 2 aromatic carbocycles. The molecule has 1 unspecified atom stereocenters. The Morgan fingerprint density at radius 3 is 2.81 bits per heavy atom. The molecule has 4 rings (SSSR count). The largest absolute Gasteiger partial charge is 0.434 e. The van der Waals surface area contributed by atoms with Gasteiger partial charge in [0.25, 0.3) is 0 Å². The molecule has 0 saturated carbocycles. The Hall–Kier alpha value is -2.64. The van der Waals surface area contributed by atoms with E-state index in [1.165, 1.54) is 16.9 Å². The van der Waals surface area contributed by atoms with Gasteiger partial charge in [-0.15, -0.1) is 10.2 Å². The van der Waals surface area contributed by atoms with Crippen molar-refractivity contribution in [2.45, 2.75) is 10.6 Å². The predicted molar refractivity (Wildman–Crippen MR) is 104 cm³/mol. The minimum absolute atomic E-state index is 0.316. The smallest absolute Gasteiger partial charge is 0.340 e. The van der Waals surface area contributed by atoms with Crippen LogP contribution in [-0.4, -0.2) is 21.9 Å². The number of esters is 1. The van der Waals surface area contributed by atoms with Crippen molar-refractivity contribution in [3.8, 4) is 0 Å². The maximum absolute atomic E-state index is 11.9. The van der Waals surface area contributed by atoms with Crippen LogP contribution in [0.2, 0.25) is 0 Å². The molecule has 0 saturated heterocycles. The Labute approximate surface area is 159 Å². The van der Waals surface area contributed by atoms with E-state index in [0.717, 1.165) is 15.7 Å². The molecule has 1 aliphatic rings. The number of thioether (sulfide) groups is 1. The topological polar surface area (TPSA) is 64.1 Å². The van der Waals surface area contributed by atoms with Gasteiger partial charge >= 0.3 is 5.97 Å². The Balaban J connectivity index is 1.34. The van der Waals surface area contributed by atoms with E-state index in [1.807, 2.05) is 36.4 Å². The lowest BCUT2D eigenvalue weighted by Crippen LogP contribution is -2.09. The van der Waals surface area contributed by atoms with Crippen LogP contribution >= 0.6 is 23.1 Å². The van der Waals surface area contributed by atoms with Crippen molar-refractivity contribution in [2.75, 3.05) is 11.1 Å². The number of nitrogens with zero attached hydrogens (tertiary/aromatic N) is 2. The molecule has 0 bridgehead atoms. The molecule has 0 aliphatic carbocycles. The molecule has 7 heteroatoms. The molecular formula is C19H15N3O2S2. The number of anilines is 1. The third kappa shape index (κ3) is 3.79. The van der Waals surface area contributed by atoms with Crippen LogP contribution in [0.5, 0.6) is 0 Å². The summed E-state index contributed by atoms with van der Waals surface area (Å²) in [5.41, 5.74) is 2.59. The molecular weight excluding hydrogens is 366 g/mol. The number of rotatable bonds is 6. The SMILES string of the molecule is O=C1OC(Nc2nnc(SC/C=C/c3ccccc3)s2)c2ccccc21. The summed E-state index contributed by atoms with van der Waals surface area (Å²) in [6, 6.07) is 17.5. The van der Waals surface area contributed by atoms with Crippen LogP contribution in [0, 0.1) is 0 Å². The normalized spacial score (nSPS) is 15.8. The van der Waals surface area contributed by atoms with Crippen LogP contribution in [0.15, 0.2) is 65.0 Å². The van der Waals surface area contributed by atoms with E-state index in [-0.39, 0.29) is 5.97 Å². The van der Waals surface area contributed by atoms with Crippen molar-refractivity contribution >= 4 is 40.3 Å². The van der Waals surface area contributed by atoms with Crippen molar-refractivity contribution in [3.05, 3.63) is 77.4 Å². The molecule has 3 aromatic rings. The van der Waals surface area contributed by atoms with Gasteiger partial charge < -0.3 is 10.1 Å². The molecule has 0 radical (unpaired) electrons. The highest BCUT2D eigenvalue weighted by molar-refractivity contribution is 8.01. The first-order chi connectivity index (χ1) is 12.8. The minimum Gasteiger partial charge on any atom is -0.434 e. The van der Waals surface area contributed by atoms with E-state index < -0.39 is 6.23 Å². The molecule has 1 aromatic heterocycles. The van der Waals surface area contributed by atoms with Crippen molar-refractivity contribution < 1.29 is 9.53 Å². The number of cyclic esters (lactones) is 1. The average molecular weight is 381 g/mol. The fourth-order valence-corrected chi connectivity index (χ4v) is 4.16. The lowest BCUT2D eigenvalue weighted by Gasteiger charge is -2.10. The van der Waals surface area contributed by atoms with E-state index in [4.69, 9.17) is 4.74 Å². The van der Waals surface area contributed by atoms with Gasteiger partial charge in [0.1, 0.15) is 0 Å². The summed E-state index contributed by atoms with van der Waals surface area (Å²) >= 11 is 3.06. The highest BCUT2D eigenvalue weighted by Gasteiger charge is 2.31. The molecule has 2 heterocycles. The van der Waals surface area contributed by atoms with Crippen LogP contribution in [0.3, 0.4) is 0 Å². The summed E-state index contributed by atoms with van der Waals surface area (Å²) in [6.07, 6.45) is 3.67. The molecule has 0 spiro atoms. The fourth-order valence-electron chi connectivity index (χ4n) is 2.56. The van der Waals surface area contributed by atoms with Crippen molar-refractivity contribution in [2.24, 2.45) is 0 Å². The van der Waals surface area contributed by atoms with E-state index in [0.29, 0.717) is 10.7 Å².